The molecule has 242 valence electrons. The number of allylic oxidation sites excluding steroid dienone is 11. The Morgan fingerprint density at radius 1 is 0.958 bits per heavy atom. The van der Waals surface area contributed by atoms with Crippen LogP contribution in [-0.2, 0) is 0 Å². The number of rotatable bonds is 10. The summed E-state index contributed by atoms with van der Waals surface area (Å²) in [6.07, 6.45) is 22.6. The second kappa shape index (κ2) is 16.6. The molecular weight excluding hydrogens is 585 g/mol. The fourth-order valence-corrected chi connectivity index (χ4v) is 5.85. The van der Waals surface area contributed by atoms with E-state index < -0.39 is 0 Å². The van der Waals surface area contributed by atoms with Crippen LogP contribution >= 0.6 is 0 Å². The van der Waals surface area contributed by atoms with Crippen molar-refractivity contribution in [1.82, 2.24) is 9.88 Å². The minimum Gasteiger partial charge on any atom is -0.404 e. The number of nitrogens with one attached hydrogen (secondary N) is 2. The van der Waals surface area contributed by atoms with E-state index in [-0.39, 0.29) is 0 Å². The smallest absolute Gasteiger partial charge is 0.0572 e. The van der Waals surface area contributed by atoms with Crippen LogP contribution in [0.4, 0.5) is 0 Å². The number of aromatic nitrogens is 1. The summed E-state index contributed by atoms with van der Waals surface area (Å²) in [7, 11) is 0. The standard InChI is InChI=1S/C38H37N3.C6H9N/c1-7-14-32(24-39)28(9-3)23-37-26(5)27(6)38(41(37)36-19-13-17-30-16-11-12-18-34(30)36)35-21-20-31(22-29(35)10-4)33(25-40)15-8-2;1-6-4-2-3-5-7-6/h7-25,40H,2-4,39H2,1,5-6H3;2-4,7H,5H2,1H3/b14-7-,28-23+,32-24+,33-15+,40-25?;. The Labute approximate surface area is 286 Å². The van der Waals surface area contributed by atoms with Gasteiger partial charge >= 0.3 is 0 Å². The first-order valence-corrected chi connectivity index (χ1v) is 16.1. The van der Waals surface area contributed by atoms with E-state index in [2.05, 4.69) is 135 Å². The lowest BCUT2D eigenvalue weighted by molar-refractivity contribution is 0.891. The van der Waals surface area contributed by atoms with Crippen LogP contribution in [0.3, 0.4) is 0 Å². The molecule has 48 heavy (non-hydrogen) atoms. The number of benzene rings is 3. The Hall–Kier alpha value is -5.87. The number of nitrogens with zero attached hydrogens (tertiary/aromatic N) is 1. The number of fused-ring (bicyclic) bond motifs is 1. The van der Waals surface area contributed by atoms with Crippen molar-refractivity contribution in [2.75, 3.05) is 6.54 Å². The molecule has 0 unspecified atom stereocenters. The summed E-state index contributed by atoms with van der Waals surface area (Å²) in [5.41, 5.74) is 18.4. The molecule has 0 radical (unpaired) electrons. The molecule has 4 aromatic rings. The van der Waals surface area contributed by atoms with Gasteiger partial charge in [-0.15, -0.1) is 0 Å². The first kappa shape index (κ1) is 35.0. The lowest BCUT2D eigenvalue weighted by Gasteiger charge is -2.18. The number of dihydropyridines is 1. The highest BCUT2D eigenvalue weighted by Gasteiger charge is 2.22. The van der Waals surface area contributed by atoms with Crippen molar-refractivity contribution in [1.29, 1.82) is 5.41 Å². The molecule has 0 saturated carbocycles. The molecule has 0 atom stereocenters. The Bertz CT molecular complexity index is 2030. The van der Waals surface area contributed by atoms with Crippen LogP contribution in [0.2, 0.25) is 0 Å². The van der Waals surface area contributed by atoms with Crippen LogP contribution in [0, 0.1) is 19.3 Å². The molecule has 3 aromatic carbocycles. The summed E-state index contributed by atoms with van der Waals surface area (Å²) < 4.78 is 2.35. The number of hydrogen-bond acceptors (Lipinski definition) is 3. The van der Waals surface area contributed by atoms with Gasteiger partial charge in [-0.2, -0.15) is 0 Å². The summed E-state index contributed by atoms with van der Waals surface area (Å²) in [6, 6.07) is 21.1. The van der Waals surface area contributed by atoms with Crippen LogP contribution in [0.5, 0.6) is 0 Å². The van der Waals surface area contributed by atoms with Gasteiger partial charge in [0, 0.05) is 35.6 Å². The van der Waals surface area contributed by atoms with E-state index in [9.17, 15) is 0 Å². The number of nitrogens with two attached hydrogens (primary N) is 1. The zero-order valence-electron chi connectivity index (χ0n) is 28.6. The highest BCUT2D eigenvalue weighted by molar-refractivity contribution is 6.09. The molecule has 4 heteroatoms. The minimum atomic E-state index is 0.788. The summed E-state index contributed by atoms with van der Waals surface area (Å²) in [6.45, 7) is 21.4. The Balaban J connectivity index is 0.000000659. The molecule has 5 rings (SSSR count). The monoisotopic (exact) mass is 630 g/mol. The molecular formula is C44H46N4. The van der Waals surface area contributed by atoms with Crippen molar-refractivity contribution in [3.63, 3.8) is 0 Å². The first-order valence-electron chi connectivity index (χ1n) is 16.1. The maximum absolute atomic E-state index is 7.89. The second-order valence-corrected chi connectivity index (χ2v) is 11.4. The zero-order chi connectivity index (χ0) is 34.6. The van der Waals surface area contributed by atoms with Gasteiger partial charge in [0.05, 0.1) is 17.1 Å². The van der Waals surface area contributed by atoms with Crippen LogP contribution in [0.25, 0.3) is 45.4 Å². The third-order valence-corrected chi connectivity index (χ3v) is 8.44. The molecule has 1 aliphatic rings. The largest absolute Gasteiger partial charge is 0.404 e. The average molecular weight is 631 g/mol. The maximum atomic E-state index is 7.89. The van der Waals surface area contributed by atoms with Gasteiger partial charge in [0.15, 0.2) is 0 Å². The van der Waals surface area contributed by atoms with E-state index in [0.717, 1.165) is 68.0 Å². The predicted octanol–water partition coefficient (Wildman–Crippen LogP) is 10.8. The van der Waals surface area contributed by atoms with E-state index >= 15 is 0 Å². The normalized spacial score (nSPS) is 13.4. The maximum Gasteiger partial charge on any atom is 0.0572 e. The SMILES string of the molecule is C=C/C=C(\C=N)c1ccc(-c2c(C)c(C)c(/C=C(C=C)/C(/C=C\C)=C/N)n2-c2cccc3ccccc23)c(C=C)c1.CC1=CC=CCN1. The van der Waals surface area contributed by atoms with Crippen LogP contribution < -0.4 is 11.1 Å². The van der Waals surface area contributed by atoms with E-state index in [1.807, 2.05) is 37.3 Å². The van der Waals surface area contributed by atoms with Gasteiger partial charge in [-0.1, -0.05) is 117 Å². The molecule has 1 aromatic heterocycles. The highest BCUT2D eigenvalue weighted by atomic mass is 15.0. The topological polar surface area (TPSA) is 66.8 Å². The van der Waals surface area contributed by atoms with Crippen molar-refractivity contribution >= 4 is 34.7 Å². The molecule has 1 aliphatic heterocycles. The molecule has 0 spiro atoms. The van der Waals surface area contributed by atoms with E-state index in [1.54, 1.807) is 12.3 Å². The average Bonchev–Trinajstić information content (AvgIpc) is 3.36. The zero-order valence-corrected chi connectivity index (χ0v) is 28.6. The summed E-state index contributed by atoms with van der Waals surface area (Å²) in [5, 5.41) is 13.4. The molecule has 0 bridgehead atoms. The van der Waals surface area contributed by atoms with E-state index in [4.69, 9.17) is 11.1 Å². The van der Waals surface area contributed by atoms with Crippen LogP contribution in [-0.4, -0.2) is 17.3 Å². The molecule has 4 nitrogen and oxygen atoms in total. The van der Waals surface area contributed by atoms with Crippen molar-refractivity contribution in [3.8, 4) is 16.9 Å². The second-order valence-electron chi connectivity index (χ2n) is 11.4. The van der Waals surface area contributed by atoms with Gasteiger partial charge in [0.2, 0.25) is 0 Å². The van der Waals surface area contributed by atoms with Crippen molar-refractivity contribution in [2.24, 2.45) is 5.73 Å². The van der Waals surface area contributed by atoms with Crippen molar-refractivity contribution in [3.05, 3.63) is 180 Å². The van der Waals surface area contributed by atoms with Crippen molar-refractivity contribution < 1.29 is 0 Å². The van der Waals surface area contributed by atoms with Crippen LogP contribution in [0.15, 0.2) is 152 Å². The van der Waals surface area contributed by atoms with Crippen LogP contribution in [0.1, 0.15) is 41.8 Å². The summed E-state index contributed by atoms with van der Waals surface area (Å²) >= 11 is 0. The Kier molecular flexibility index (Phi) is 12.1. The number of hydrogen-bond donors (Lipinski definition) is 3. The van der Waals surface area contributed by atoms with Gasteiger partial charge < -0.3 is 21.0 Å². The fraction of sp³-hybridized carbons (Fsp3) is 0.114. The molecule has 0 fully saturated rings. The lowest BCUT2D eigenvalue weighted by Crippen LogP contribution is -2.12. The Morgan fingerprint density at radius 3 is 2.33 bits per heavy atom. The van der Waals surface area contributed by atoms with Gasteiger partial charge in [-0.05, 0) is 96.3 Å². The van der Waals surface area contributed by atoms with Gasteiger partial charge in [0.25, 0.3) is 0 Å². The quantitative estimate of drug-likeness (QED) is 0.121. The molecule has 0 aliphatic carbocycles. The Morgan fingerprint density at radius 2 is 1.73 bits per heavy atom. The van der Waals surface area contributed by atoms with E-state index in [0.29, 0.717) is 0 Å². The van der Waals surface area contributed by atoms with Crippen molar-refractivity contribution in [2.45, 2.75) is 27.7 Å². The van der Waals surface area contributed by atoms with E-state index in [1.165, 1.54) is 22.9 Å². The molecule has 2 heterocycles. The van der Waals surface area contributed by atoms with Gasteiger partial charge in [-0.3, -0.25) is 0 Å². The molecule has 0 amide bonds. The lowest BCUT2D eigenvalue weighted by atomic mass is 9.95. The fourth-order valence-electron chi connectivity index (χ4n) is 5.85. The minimum absolute atomic E-state index is 0.788. The highest BCUT2D eigenvalue weighted by Crippen LogP contribution is 2.40. The third-order valence-electron chi connectivity index (χ3n) is 8.44. The predicted molar refractivity (Wildman–Crippen MR) is 211 cm³/mol. The summed E-state index contributed by atoms with van der Waals surface area (Å²) in [5.74, 6) is 0. The summed E-state index contributed by atoms with van der Waals surface area (Å²) in [4.78, 5) is 0. The first-order chi connectivity index (χ1) is 23.3. The third kappa shape index (κ3) is 7.56. The molecule has 4 N–H and O–H groups in total. The van der Waals surface area contributed by atoms with Gasteiger partial charge in [0.1, 0.15) is 0 Å². The van der Waals surface area contributed by atoms with Gasteiger partial charge in [-0.25, -0.2) is 0 Å². The molecule has 0 saturated heterocycles.